The Morgan fingerprint density at radius 1 is 1.53 bits per heavy atom. The first-order chi connectivity index (χ1) is 9.00. The van der Waals surface area contributed by atoms with Crippen molar-refractivity contribution in [2.24, 2.45) is 5.73 Å². The third kappa shape index (κ3) is 3.20. The highest BCUT2D eigenvalue weighted by atomic mass is 35.5. The summed E-state index contributed by atoms with van der Waals surface area (Å²) in [5, 5.41) is 0.669. The van der Waals surface area contributed by atoms with Gasteiger partial charge in [0.05, 0.1) is 28.3 Å². The second kappa shape index (κ2) is 6.09. The molecule has 6 heteroatoms. The van der Waals surface area contributed by atoms with E-state index >= 15 is 0 Å². The Hall–Kier alpha value is -0.810. The van der Waals surface area contributed by atoms with Crippen molar-refractivity contribution in [1.29, 1.82) is 0 Å². The molecule has 2 N–H and O–H groups in total. The Morgan fingerprint density at radius 2 is 2.26 bits per heavy atom. The number of carbonyl (C=O) groups excluding carboxylic acids is 1. The topological polar surface area (TPSA) is 55.6 Å². The highest BCUT2D eigenvalue weighted by Gasteiger charge is 2.28. The Balaban J connectivity index is 2.17. The van der Waals surface area contributed by atoms with Gasteiger partial charge in [0.1, 0.15) is 0 Å². The fraction of sp³-hybridized carbons (Fsp3) is 0.462. The maximum Gasteiger partial charge on any atom is 0.255 e. The lowest BCUT2D eigenvalue weighted by Gasteiger charge is -2.34. The van der Waals surface area contributed by atoms with E-state index in [1.54, 1.807) is 23.1 Å². The Kier molecular flexibility index (Phi) is 4.68. The Labute approximate surface area is 122 Å². The van der Waals surface area contributed by atoms with Crippen molar-refractivity contribution >= 4 is 29.1 Å². The molecule has 1 fully saturated rings. The van der Waals surface area contributed by atoms with Crippen LogP contribution in [0.4, 0.5) is 0 Å². The fourth-order valence-corrected chi connectivity index (χ4v) is 2.40. The highest BCUT2D eigenvalue weighted by molar-refractivity contribution is 6.43. The highest BCUT2D eigenvalue weighted by Crippen LogP contribution is 2.27. The van der Waals surface area contributed by atoms with Crippen LogP contribution in [-0.4, -0.2) is 42.6 Å². The summed E-state index contributed by atoms with van der Waals surface area (Å²) >= 11 is 12.0. The first kappa shape index (κ1) is 14.6. The van der Waals surface area contributed by atoms with Crippen LogP contribution < -0.4 is 5.73 Å². The maximum atomic E-state index is 12.4. The average Bonchev–Trinajstić information content (AvgIpc) is 2.41. The van der Waals surface area contributed by atoms with Crippen molar-refractivity contribution in [2.45, 2.75) is 19.1 Å². The van der Waals surface area contributed by atoms with Crippen LogP contribution in [0.5, 0.6) is 0 Å². The number of hydrogen-bond donors (Lipinski definition) is 1. The lowest BCUT2D eigenvalue weighted by molar-refractivity contribution is -0.0300. The molecule has 104 valence electrons. The van der Waals surface area contributed by atoms with Crippen molar-refractivity contribution in [3.05, 3.63) is 33.8 Å². The van der Waals surface area contributed by atoms with Gasteiger partial charge < -0.3 is 15.4 Å². The molecule has 0 bridgehead atoms. The summed E-state index contributed by atoms with van der Waals surface area (Å²) in [6.07, 6.45) is -0.143. The second-order valence-electron chi connectivity index (χ2n) is 4.62. The number of halogens is 2. The van der Waals surface area contributed by atoms with Gasteiger partial charge in [0, 0.05) is 19.1 Å². The molecule has 2 atom stereocenters. The van der Waals surface area contributed by atoms with Crippen LogP contribution >= 0.6 is 23.2 Å². The molecule has 0 aliphatic carbocycles. The molecule has 0 unspecified atom stereocenters. The number of benzene rings is 1. The molecule has 19 heavy (non-hydrogen) atoms. The number of nitrogens with zero attached hydrogens (tertiary/aromatic N) is 1. The number of amides is 1. The summed E-state index contributed by atoms with van der Waals surface area (Å²) in [6, 6.07) is 4.92. The summed E-state index contributed by atoms with van der Waals surface area (Å²) in [7, 11) is 0. The Bertz CT molecular complexity index is 480. The molecule has 0 aromatic heterocycles. The van der Waals surface area contributed by atoms with E-state index in [-0.39, 0.29) is 23.1 Å². The van der Waals surface area contributed by atoms with Gasteiger partial charge in [-0.1, -0.05) is 29.3 Å². The number of rotatable bonds is 2. The molecule has 1 saturated heterocycles. The smallest absolute Gasteiger partial charge is 0.255 e. The first-order valence-corrected chi connectivity index (χ1v) is 6.86. The number of nitrogens with two attached hydrogens (primary N) is 1. The van der Waals surface area contributed by atoms with Crippen LogP contribution in [0.1, 0.15) is 17.3 Å². The number of morpholine rings is 1. The SMILES string of the molecule is C[C@H](N)[C@@H]1CN(C(=O)c2cccc(Cl)c2Cl)CCO1. The summed E-state index contributed by atoms with van der Waals surface area (Å²) in [6.45, 7) is 3.35. The minimum absolute atomic E-state index is 0.120. The van der Waals surface area contributed by atoms with Gasteiger partial charge in [0.25, 0.3) is 5.91 Å². The van der Waals surface area contributed by atoms with Crippen LogP contribution in [0, 0.1) is 0 Å². The minimum atomic E-state index is -0.143. The number of hydrogen-bond acceptors (Lipinski definition) is 3. The van der Waals surface area contributed by atoms with Crippen molar-refractivity contribution in [1.82, 2.24) is 4.90 Å². The van der Waals surface area contributed by atoms with E-state index in [1.165, 1.54) is 0 Å². The van der Waals surface area contributed by atoms with Gasteiger partial charge in [-0.25, -0.2) is 0 Å². The average molecular weight is 303 g/mol. The first-order valence-electron chi connectivity index (χ1n) is 6.11. The van der Waals surface area contributed by atoms with E-state index in [0.717, 1.165) is 0 Å². The molecular formula is C13H16Cl2N2O2. The van der Waals surface area contributed by atoms with Gasteiger partial charge >= 0.3 is 0 Å². The van der Waals surface area contributed by atoms with Crippen molar-refractivity contribution in [2.75, 3.05) is 19.7 Å². The molecular weight excluding hydrogens is 287 g/mol. The van der Waals surface area contributed by atoms with Gasteiger partial charge in [-0.15, -0.1) is 0 Å². The number of ether oxygens (including phenoxy) is 1. The molecule has 2 rings (SSSR count). The van der Waals surface area contributed by atoms with E-state index in [2.05, 4.69) is 0 Å². The van der Waals surface area contributed by atoms with E-state index < -0.39 is 0 Å². The van der Waals surface area contributed by atoms with Crippen LogP contribution in [0.25, 0.3) is 0 Å². The molecule has 1 amide bonds. The molecule has 1 aromatic carbocycles. The molecule has 0 spiro atoms. The summed E-state index contributed by atoms with van der Waals surface area (Å²) < 4.78 is 5.53. The van der Waals surface area contributed by atoms with Crippen LogP contribution in [-0.2, 0) is 4.74 Å². The monoisotopic (exact) mass is 302 g/mol. The zero-order chi connectivity index (χ0) is 14.0. The van der Waals surface area contributed by atoms with Gasteiger partial charge in [0.15, 0.2) is 0 Å². The second-order valence-corrected chi connectivity index (χ2v) is 5.41. The minimum Gasteiger partial charge on any atom is -0.373 e. The van der Waals surface area contributed by atoms with E-state index in [9.17, 15) is 4.79 Å². The van der Waals surface area contributed by atoms with Crippen molar-refractivity contribution < 1.29 is 9.53 Å². The van der Waals surface area contributed by atoms with Gasteiger partial charge in [0.2, 0.25) is 0 Å². The van der Waals surface area contributed by atoms with Crippen LogP contribution in [0.15, 0.2) is 18.2 Å². The maximum absolute atomic E-state index is 12.4. The third-order valence-corrected chi connectivity index (χ3v) is 3.97. The van der Waals surface area contributed by atoms with Crippen LogP contribution in [0.2, 0.25) is 10.0 Å². The molecule has 0 saturated carbocycles. The molecule has 0 radical (unpaired) electrons. The van der Waals surface area contributed by atoms with Crippen molar-refractivity contribution in [3.63, 3.8) is 0 Å². The van der Waals surface area contributed by atoms with Crippen LogP contribution in [0.3, 0.4) is 0 Å². The molecule has 1 heterocycles. The van der Waals surface area contributed by atoms with Crippen molar-refractivity contribution in [3.8, 4) is 0 Å². The fourth-order valence-electron chi connectivity index (χ4n) is 2.02. The van der Waals surface area contributed by atoms with Gasteiger partial charge in [-0.3, -0.25) is 4.79 Å². The molecule has 4 nitrogen and oxygen atoms in total. The quantitative estimate of drug-likeness (QED) is 0.911. The van der Waals surface area contributed by atoms with E-state index in [4.69, 9.17) is 33.7 Å². The molecule has 1 aliphatic heterocycles. The lowest BCUT2D eigenvalue weighted by Crippen LogP contribution is -2.51. The predicted molar refractivity (Wildman–Crippen MR) is 75.8 cm³/mol. The predicted octanol–water partition coefficient (Wildman–Crippen LogP) is 2.18. The van der Waals surface area contributed by atoms with Gasteiger partial charge in [-0.2, -0.15) is 0 Å². The van der Waals surface area contributed by atoms with E-state index in [1.807, 2.05) is 6.92 Å². The molecule has 1 aromatic rings. The lowest BCUT2D eigenvalue weighted by atomic mass is 10.1. The zero-order valence-electron chi connectivity index (χ0n) is 10.6. The standard InChI is InChI=1S/C13H16Cl2N2O2/c1-8(16)11-7-17(5-6-19-11)13(18)9-3-2-4-10(14)12(9)15/h2-4,8,11H,5-7,16H2,1H3/t8-,11-/m0/s1. The summed E-state index contributed by atoms with van der Waals surface area (Å²) in [4.78, 5) is 14.1. The number of carbonyl (C=O) groups is 1. The largest absolute Gasteiger partial charge is 0.373 e. The summed E-state index contributed by atoms with van der Waals surface area (Å²) in [5.74, 6) is -0.138. The normalized spacial score (nSPS) is 21.3. The third-order valence-electron chi connectivity index (χ3n) is 3.15. The molecule has 1 aliphatic rings. The summed E-state index contributed by atoms with van der Waals surface area (Å²) in [5.41, 5.74) is 6.23. The Morgan fingerprint density at radius 3 is 2.95 bits per heavy atom. The zero-order valence-corrected chi connectivity index (χ0v) is 12.1. The van der Waals surface area contributed by atoms with Gasteiger partial charge in [-0.05, 0) is 19.1 Å². The van der Waals surface area contributed by atoms with E-state index in [0.29, 0.717) is 30.3 Å².